The molecule has 108 valence electrons. The molecule has 0 atom stereocenters. The van der Waals surface area contributed by atoms with Crippen molar-refractivity contribution in [1.29, 1.82) is 0 Å². The first kappa shape index (κ1) is 15.1. The summed E-state index contributed by atoms with van der Waals surface area (Å²) in [5.41, 5.74) is 2.08. The lowest BCUT2D eigenvalue weighted by atomic mass is 10.1. The average Bonchev–Trinajstić information content (AvgIpc) is 2.81. The molecule has 0 unspecified atom stereocenters. The minimum absolute atomic E-state index is 0.589. The summed E-state index contributed by atoms with van der Waals surface area (Å²) < 4.78 is 12.5. The summed E-state index contributed by atoms with van der Waals surface area (Å²) in [7, 11) is 0. The second-order valence-corrected chi connectivity index (χ2v) is 5.62. The predicted molar refractivity (Wildman–Crippen MR) is 83.2 cm³/mol. The highest BCUT2D eigenvalue weighted by Crippen LogP contribution is 2.23. The molecule has 4 heteroatoms. The average molecular weight is 338 g/mol. The van der Waals surface area contributed by atoms with Gasteiger partial charge in [0.1, 0.15) is 5.69 Å². The Hall–Kier alpha value is -1.29. The maximum absolute atomic E-state index is 5.75. The summed E-state index contributed by atoms with van der Waals surface area (Å²) in [6.07, 6.45) is 3.65. The molecule has 0 saturated heterocycles. The van der Waals surface area contributed by atoms with Crippen LogP contribution >= 0.6 is 15.9 Å². The summed E-state index contributed by atoms with van der Waals surface area (Å²) in [4.78, 5) is 4.53. The van der Waals surface area contributed by atoms with Crippen molar-refractivity contribution in [2.24, 2.45) is 0 Å². The molecule has 1 aromatic carbocycles. The molecule has 0 radical (unpaired) electrons. The van der Waals surface area contributed by atoms with Crippen LogP contribution in [0.5, 0.6) is 5.95 Å². The van der Waals surface area contributed by atoms with Crippen LogP contribution < -0.4 is 4.74 Å². The fourth-order valence-corrected chi connectivity index (χ4v) is 2.37. The van der Waals surface area contributed by atoms with E-state index in [0.29, 0.717) is 24.9 Å². The number of hydrogen-bond acceptors (Lipinski definition) is 3. The molecule has 2 aromatic rings. The Morgan fingerprint density at radius 1 is 1.30 bits per heavy atom. The first-order chi connectivity index (χ1) is 9.72. The van der Waals surface area contributed by atoms with Crippen LogP contribution in [0.15, 0.2) is 33.2 Å². The van der Waals surface area contributed by atoms with Gasteiger partial charge in [-0.1, -0.05) is 48.3 Å². The van der Waals surface area contributed by atoms with E-state index >= 15 is 0 Å². The highest BCUT2D eigenvalue weighted by atomic mass is 79.9. The fourth-order valence-electron chi connectivity index (χ4n) is 1.93. The van der Waals surface area contributed by atoms with E-state index in [1.165, 1.54) is 5.56 Å². The van der Waals surface area contributed by atoms with Crippen LogP contribution in [0.1, 0.15) is 43.8 Å². The third-order valence-corrected chi connectivity index (χ3v) is 3.51. The molecular formula is C16H20BrNO2. The molecular weight excluding hydrogens is 318 g/mol. The van der Waals surface area contributed by atoms with Gasteiger partial charge in [-0.15, -0.1) is 0 Å². The van der Waals surface area contributed by atoms with Gasteiger partial charge in [-0.2, -0.15) is 0 Å². The Labute approximate surface area is 128 Å². The summed E-state index contributed by atoms with van der Waals surface area (Å²) in [6.45, 7) is 4.89. The van der Waals surface area contributed by atoms with Crippen molar-refractivity contribution in [2.75, 3.05) is 6.61 Å². The lowest BCUT2D eigenvalue weighted by Crippen LogP contribution is -1.97. The summed E-state index contributed by atoms with van der Waals surface area (Å²) in [6, 6.07) is 8.17. The minimum atomic E-state index is 0.589. The van der Waals surface area contributed by atoms with Crippen LogP contribution in [0, 0.1) is 0 Å². The molecule has 0 saturated carbocycles. The van der Waals surface area contributed by atoms with Gasteiger partial charge in [-0.25, -0.2) is 4.98 Å². The van der Waals surface area contributed by atoms with Crippen molar-refractivity contribution >= 4 is 15.9 Å². The van der Waals surface area contributed by atoms with Crippen molar-refractivity contribution in [3.63, 3.8) is 0 Å². The van der Waals surface area contributed by atoms with E-state index in [1.807, 2.05) is 12.1 Å². The molecule has 20 heavy (non-hydrogen) atoms. The van der Waals surface area contributed by atoms with Gasteiger partial charge >= 0.3 is 5.95 Å². The van der Waals surface area contributed by atoms with Crippen LogP contribution in [0.3, 0.4) is 0 Å². The van der Waals surface area contributed by atoms with Crippen LogP contribution in [0.2, 0.25) is 0 Å². The van der Waals surface area contributed by atoms with Crippen molar-refractivity contribution in [1.82, 2.24) is 4.98 Å². The van der Waals surface area contributed by atoms with Gasteiger partial charge in [0.05, 0.1) is 6.61 Å². The zero-order chi connectivity index (χ0) is 14.4. The first-order valence-electron chi connectivity index (χ1n) is 7.08. The van der Waals surface area contributed by atoms with E-state index < -0.39 is 0 Å². The number of aromatic nitrogens is 1. The molecule has 2 rings (SSSR count). The molecule has 0 aliphatic heterocycles. The molecule has 1 heterocycles. The van der Waals surface area contributed by atoms with Gasteiger partial charge in [-0.05, 0) is 30.5 Å². The zero-order valence-corrected chi connectivity index (χ0v) is 13.6. The Morgan fingerprint density at radius 3 is 2.85 bits per heavy atom. The van der Waals surface area contributed by atoms with Gasteiger partial charge < -0.3 is 9.15 Å². The Balaban J connectivity index is 2.08. The maximum atomic E-state index is 5.75. The van der Waals surface area contributed by atoms with Gasteiger partial charge in [-0.3, -0.25) is 0 Å². The third kappa shape index (κ3) is 4.10. The molecule has 0 spiro atoms. The number of halogens is 1. The quantitative estimate of drug-likeness (QED) is 0.682. The number of nitrogens with zero attached hydrogens (tertiary/aromatic N) is 1. The van der Waals surface area contributed by atoms with Crippen LogP contribution in [0.25, 0.3) is 0 Å². The topological polar surface area (TPSA) is 35.3 Å². The van der Waals surface area contributed by atoms with Gasteiger partial charge in [0.15, 0.2) is 0 Å². The van der Waals surface area contributed by atoms with E-state index in [9.17, 15) is 0 Å². The first-order valence-corrected chi connectivity index (χ1v) is 7.88. The molecule has 0 aliphatic carbocycles. The predicted octanol–water partition coefficient (Wildman–Crippen LogP) is 4.77. The van der Waals surface area contributed by atoms with Crippen LogP contribution in [0.4, 0.5) is 0 Å². The summed E-state index contributed by atoms with van der Waals surface area (Å²) >= 11 is 3.48. The monoisotopic (exact) mass is 337 g/mol. The largest absolute Gasteiger partial charge is 0.464 e. The number of unbranched alkanes of at least 4 members (excludes halogenated alkanes) is 1. The Bertz CT molecular complexity index is 551. The second kappa shape index (κ2) is 7.48. The van der Waals surface area contributed by atoms with E-state index in [2.05, 4.69) is 46.9 Å². The number of benzene rings is 1. The molecule has 0 N–H and O–H groups in total. The lowest BCUT2D eigenvalue weighted by Gasteiger charge is -2.01. The Morgan fingerprint density at radius 2 is 2.15 bits per heavy atom. The molecule has 1 aromatic heterocycles. The maximum Gasteiger partial charge on any atom is 0.308 e. The van der Waals surface area contributed by atoms with Crippen molar-refractivity contribution in [3.8, 4) is 5.95 Å². The Kier molecular flexibility index (Phi) is 5.65. The second-order valence-electron chi connectivity index (χ2n) is 4.70. The number of aryl methyl sites for hydroxylation is 1. The van der Waals surface area contributed by atoms with Crippen molar-refractivity contribution in [2.45, 2.75) is 39.5 Å². The molecule has 0 fully saturated rings. The van der Waals surface area contributed by atoms with Crippen molar-refractivity contribution < 1.29 is 9.15 Å². The third-order valence-electron chi connectivity index (χ3n) is 3.02. The molecule has 3 nitrogen and oxygen atoms in total. The standard InChI is InChI=1S/C16H20BrNO2/c1-3-5-9-19-16-14(4-2)18-15(20-16)11-12-7-6-8-13(17)10-12/h6-8,10H,3-5,9,11H2,1-2H3. The van der Waals surface area contributed by atoms with Crippen LogP contribution in [-0.2, 0) is 12.8 Å². The summed E-state index contributed by atoms with van der Waals surface area (Å²) in [5, 5.41) is 0. The van der Waals surface area contributed by atoms with Gasteiger partial charge in [0.2, 0.25) is 5.89 Å². The highest BCUT2D eigenvalue weighted by Gasteiger charge is 2.13. The fraction of sp³-hybridized carbons (Fsp3) is 0.438. The number of ether oxygens (including phenoxy) is 1. The lowest BCUT2D eigenvalue weighted by molar-refractivity contribution is 0.230. The van der Waals surface area contributed by atoms with Crippen molar-refractivity contribution in [3.05, 3.63) is 45.9 Å². The van der Waals surface area contributed by atoms with E-state index in [1.54, 1.807) is 0 Å². The van der Waals surface area contributed by atoms with Gasteiger partial charge in [0, 0.05) is 10.9 Å². The van der Waals surface area contributed by atoms with Gasteiger partial charge in [0.25, 0.3) is 0 Å². The molecule has 0 bridgehead atoms. The van der Waals surface area contributed by atoms with E-state index in [0.717, 1.165) is 29.4 Å². The van der Waals surface area contributed by atoms with E-state index in [4.69, 9.17) is 9.15 Å². The number of hydrogen-bond donors (Lipinski definition) is 0. The number of rotatable bonds is 7. The minimum Gasteiger partial charge on any atom is -0.464 e. The summed E-state index contributed by atoms with van der Waals surface area (Å²) in [5.74, 6) is 1.30. The highest BCUT2D eigenvalue weighted by molar-refractivity contribution is 9.10. The normalized spacial score (nSPS) is 10.8. The van der Waals surface area contributed by atoms with Crippen LogP contribution in [-0.4, -0.2) is 11.6 Å². The molecule has 0 aliphatic rings. The number of oxazole rings is 1. The smallest absolute Gasteiger partial charge is 0.308 e. The zero-order valence-electron chi connectivity index (χ0n) is 12.0. The van der Waals surface area contributed by atoms with E-state index in [-0.39, 0.29) is 0 Å². The molecule has 0 amide bonds. The SMILES string of the molecule is CCCCOc1oc(Cc2cccc(Br)c2)nc1CC.